The van der Waals surface area contributed by atoms with E-state index < -0.39 is 23.8 Å². The van der Waals surface area contributed by atoms with Crippen molar-refractivity contribution in [2.45, 2.75) is 18.7 Å². The van der Waals surface area contributed by atoms with E-state index in [0.29, 0.717) is 12.0 Å². The number of hydrogen-bond donors (Lipinski definition) is 1. The number of carbonyl (C=O) groups is 1. The number of alkyl halides is 3. The van der Waals surface area contributed by atoms with Gasteiger partial charge in [-0.15, -0.1) is 0 Å². The van der Waals surface area contributed by atoms with Crippen LogP contribution in [-0.4, -0.2) is 29.6 Å². The predicted molar refractivity (Wildman–Crippen MR) is 60.0 cm³/mol. The van der Waals surface area contributed by atoms with Crippen molar-refractivity contribution in [1.29, 1.82) is 0 Å². The Hall–Kier alpha value is -2.05. The minimum atomic E-state index is -4.36. The Labute approximate surface area is 106 Å². The molecule has 0 spiro atoms. The molecule has 4 nitrogen and oxygen atoms in total. The number of ether oxygens (including phenoxy) is 1. The van der Waals surface area contributed by atoms with E-state index in [1.165, 1.54) is 12.1 Å². The topological polar surface area (TPSA) is 58.9 Å². The van der Waals surface area contributed by atoms with Gasteiger partial charge >= 0.3 is 12.1 Å². The normalized spacial score (nSPS) is 18.9. The van der Waals surface area contributed by atoms with Crippen LogP contribution in [-0.2, 0) is 22.1 Å². The number of nitrogens with zero attached hydrogens (tertiary/aromatic N) is 1. The van der Waals surface area contributed by atoms with Crippen LogP contribution < -0.4 is 0 Å². The molecule has 1 aromatic carbocycles. The molecule has 2 rings (SSSR count). The number of halogens is 3. The molecule has 0 fully saturated rings. The van der Waals surface area contributed by atoms with Gasteiger partial charge in [-0.05, 0) is 17.7 Å². The van der Waals surface area contributed by atoms with Crippen LogP contribution in [0.3, 0.4) is 0 Å². The van der Waals surface area contributed by atoms with Gasteiger partial charge in [-0.3, -0.25) is 0 Å². The molecule has 0 saturated heterocycles. The second-order valence-corrected chi connectivity index (χ2v) is 4.09. The van der Waals surface area contributed by atoms with Crippen molar-refractivity contribution in [3.63, 3.8) is 0 Å². The van der Waals surface area contributed by atoms with Crippen LogP contribution in [0, 0.1) is 0 Å². The van der Waals surface area contributed by atoms with Crippen LogP contribution in [0.2, 0.25) is 0 Å². The number of rotatable bonds is 3. The molecule has 0 amide bonds. The van der Waals surface area contributed by atoms with Gasteiger partial charge in [0.25, 0.3) is 5.90 Å². The number of hydrogen-bond acceptors (Lipinski definition) is 3. The highest BCUT2D eigenvalue weighted by Gasteiger charge is 2.30. The standard InChI is InChI=1S/C12H10F3NO3/c13-12(14,15)8-3-1-7(2-4-8)5-9-6-16-10(19-9)11(17)18/h1-4,9H,5-6H2,(H,17,18). The van der Waals surface area contributed by atoms with E-state index in [2.05, 4.69) is 4.99 Å². The molecule has 1 aromatic rings. The highest BCUT2D eigenvalue weighted by atomic mass is 19.4. The highest BCUT2D eigenvalue weighted by molar-refractivity contribution is 6.32. The van der Waals surface area contributed by atoms with Crippen LogP contribution in [0.1, 0.15) is 11.1 Å². The molecular formula is C12H10F3NO3. The molecule has 0 bridgehead atoms. The van der Waals surface area contributed by atoms with Crippen LogP contribution in [0.4, 0.5) is 13.2 Å². The Morgan fingerprint density at radius 2 is 2.00 bits per heavy atom. The molecule has 7 heteroatoms. The Bertz CT molecular complexity index is 508. The molecule has 0 aromatic heterocycles. The molecular weight excluding hydrogens is 263 g/mol. The van der Waals surface area contributed by atoms with Crippen LogP contribution in [0.25, 0.3) is 0 Å². The van der Waals surface area contributed by atoms with Crippen LogP contribution in [0.5, 0.6) is 0 Å². The third-order valence-electron chi connectivity index (χ3n) is 2.64. The maximum atomic E-state index is 12.4. The Balaban J connectivity index is 1.97. The minimum absolute atomic E-state index is 0.197. The maximum absolute atomic E-state index is 12.4. The maximum Gasteiger partial charge on any atom is 0.416 e. The Kier molecular flexibility index (Phi) is 3.46. The van der Waals surface area contributed by atoms with Gasteiger partial charge < -0.3 is 9.84 Å². The molecule has 1 N–H and O–H groups in total. The van der Waals surface area contributed by atoms with Crippen molar-refractivity contribution >= 4 is 11.9 Å². The van der Waals surface area contributed by atoms with Crippen molar-refractivity contribution in [2.75, 3.05) is 6.54 Å². The first-order valence-electron chi connectivity index (χ1n) is 5.47. The average Bonchev–Trinajstić information content (AvgIpc) is 2.77. The first kappa shape index (κ1) is 13.4. The van der Waals surface area contributed by atoms with Crippen molar-refractivity contribution in [3.8, 4) is 0 Å². The fraction of sp³-hybridized carbons (Fsp3) is 0.333. The summed E-state index contributed by atoms with van der Waals surface area (Å²) < 4.78 is 42.1. The van der Waals surface area contributed by atoms with Crippen LogP contribution >= 0.6 is 0 Å². The smallest absolute Gasteiger partial charge is 0.416 e. The van der Waals surface area contributed by atoms with E-state index in [1.54, 1.807) is 0 Å². The number of benzene rings is 1. The molecule has 19 heavy (non-hydrogen) atoms. The fourth-order valence-corrected chi connectivity index (χ4v) is 1.73. The van der Waals surface area contributed by atoms with E-state index in [4.69, 9.17) is 9.84 Å². The lowest BCUT2D eigenvalue weighted by Gasteiger charge is -2.11. The second-order valence-electron chi connectivity index (χ2n) is 4.09. The van der Waals surface area contributed by atoms with Gasteiger partial charge in [-0.25, -0.2) is 9.79 Å². The van der Waals surface area contributed by atoms with Crippen molar-refractivity contribution in [2.24, 2.45) is 4.99 Å². The minimum Gasteiger partial charge on any atom is -0.474 e. The predicted octanol–water partition coefficient (Wildman–Crippen LogP) is 2.13. The molecule has 0 saturated carbocycles. The van der Waals surface area contributed by atoms with Gasteiger partial charge in [0.05, 0.1) is 12.1 Å². The molecule has 1 atom stereocenters. The Morgan fingerprint density at radius 3 is 2.47 bits per heavy atom. The first-order chi connectivity index (χ1) is 8.86. The monoisotopic (exact) mass is 273 g/mol. The molecule has 102 valence electrons. The lowest BCUT2D eigenvalue weighted by Crippen LogP contribution is -2.20. The molecule has 0 radical (unpaired) electrons. The quantitative estimate of drug-likeness (QED) is 0.917. The van der Waals surface area contributed by atoms with Gasteiger partial charge in [0.1, 0.15) is 6.10 Å². The molecule has 1 heterocycles. The molecule has 1 aliphatic heterocycles. The van der Waals surface area contributed by atoms with Gasteiger partial charge in [0.2, 0.25) is 0 Å². The summed E-state index contributed by atoms with van der Waals surface area (Å²) in [5, 5.41) is 8.64. The van der Waals surface area contributed by atoms with Gasteiger partial charge in [0, 0.05) is 6.42 Å². The number of aliphatic imine (C=N–C) groups is 1. The summed E-state index contributed by atoms with van der Waals surface area (Å²) >= 11 is 0. The van der Waals surface area contributed by atoms with E-state index in [-0.39, 0.29) is 12.4 Å². The number of carboxylic acid groups (broad SMARTS) is 1. The van der Waals surface area contributed by atoms with E-state index >= 15 is 0 Å². The van der Waals surface area contributed by atoms with E-state index in [1.807, 2.05) is 0 Å². The van der Waals surface area contributed by atoms with E-state index in [9.17, 15) is 18.0 Å². The van der Waals surface area contributed by atoms with Gasteiger partial charge in [-0.2, -0.15) is 13.2 Å². The summed E-state index contributed by atoms with van der Waals surface area (Å²) in [6.45, 7) is 0.197. The molecule has 1 aliphatic rings. The van der Waals surface area contributed by atoms with Crippen molar-refractivity contribution < 1.29 is 27.8 Å². The van der Waals surface area contributed by atoms with Gasteiger partial charge in [-0.1, -0.05) is 12.1 Å². The molecule has 0 aliphatic carbocycles. The zero-order valence-electron chi connectivity index (χ0n) is 9.65. The lowest BCUT2D eigenvalue weighted by atomic mass is 10.1. The summed E-state index contributed by atoms with van der Waals surface area (Å²) in [4.78, 5) is 14.3. The third kappa shape index (κ3) is 3.24. The van der Waals surface area contributed by atoms with Crippen molar-refractivity contribution in [1.82, 2.24) is 0 Å². The summed E-state index contributed by atoms with van der Waals surface area (Å²) in [6, 6.07) is 4.68. The first-order valence-corrected chi connectivity index (χ1v) is 5.47. The average molecular weight is 273 g/mol. The summed E-state index contributed by atoms with van der Waals surface area (Å²) in [6.07, 6.45) is -4.48. The van der Waals surface area contributed by atoms with E-state index in [0.717, 1.165) is 12.1 Å². The SMILES string of the molecule is O=C(O)C1=NCC(Cc2ccc(C(F)(F)F)cc2)O1. The summed E-state index contributed by atoms with van der Waals surface area (Å²) in [5.74, 6) is -1.59. The number of aliphatic carboxylic acids is 1. The zero-order valence-corrected chi connectivity index (χ0v) is 9.65. The summed E-state index contributed by atoms with van der Waals surface area (Å²) in [5.41, 5.74) is -0.0779. The zero-order chi connectivity index (χ0) is 14.0. The summed E-state index contributed by atoms with van der Waals surface area (Å²) in [7, 11) is 0. The third-order valence-corrected chi connectivity index (χ3v) is 2.64. The highest BCUT2D eigenvalue weighted by Crippen LogP contribution is 2.29. The largest absolute Gasteiger partial charge is 0.474 e. The van der Waals surface area contributed by atoms with Crippen LogP contribution in [0.15, 0.2) is 29.3 Å². The lowest BCUT2D eigenvalue weighted by molar-refractivity contribution is -0.137. The Morgan fingerprint density at radius 1 is 1.37 bits per heavy atom. The van der Waals surface area contributed by atoms with Gasteiger partial charge in [0.15, 0.2) is 0 Å². The second kappa shape index (κ2) is 4.91. The number of carboxylic acids is 1. The fourth-order valence-electron chi connectivity index (χ4n) is 1.73. The molecule has 1 unspecified atom stereocenters. The van der Waals surface area contributed by atoms with Crippen molar-refractivity contribution in [3.05, 3.63) is 35.4 Å².